The average Bonchev–Trinajstić information content (AvgIpc) is 2.94. The first kappa shape index (κ1) is 12.4. The van der Waals surface area contributed by atoms with E-state index < -0.39 is 0 Å². The van der Waals surface area contributed by atoms with Crippen molar-refractivity contribution in [3.05, 3.63) is 84.2 Å². The van der Waals surface area contributed by atoms with E-state index in [0.717, 1.165) is 11.0 Å². The molecule has 5 aromatic carbocycles. The van der Waals surface area contributed by atoms with Crippen LogP contribution in [0, 0.1) is 0 Å². The Labute approximate surface area is 133 Å². The summed E-state index contributed by atoms with van der Waals surface area (Å²) in [4.78, 5) is 0. The Balaban J connectivity index is 1.88. The van der Waals surface area contributed by atoms with E-state index >= 15 is 0 Å². The smallest absolute Gasteiger partial charge is 0.0990 e. The third kappa shape index (κ3) is 1.78. The lowest BCUT2D eigenvalue weighted by Gasteiger charge is -2.01. The van der Waals surface area contributed by atoms with Crippen molar-refractivity contribution < 1.29 is 0 Å². The molecule has 0 saturated heterocycles. The molecule has 0 bridgehead atoms. The van der Waals surface area contributed by atoms with Crippen LogP contribution >= 0.6 is 0 Å². The molecule has 0 unspecified atom stereocenters. The van der Waals surface area contributed by atoms with Crippen LogP contribution in [0.3, 0.4) is 0 Å². The largest absolute Gasteiger partial charge is 0.278 e. The number of nitrogens with one attached hydrogen (secondary N) is 1. The van der Waals surface area contributed by atoms with Crippen molar-refractivity contribution >= 4 is 38.0 Å². The van der Waals surface area contributed by atoms with Crippen molar-refractivity contribution in [2.75, 3.05) is 5.43 Å². The average molecular weight is 294 g/mol. The predicted octanol–water partition coefficient (Wildman–Crippen LogP) is 4.95. The van der Waals surface area contributed by atoms with Gasteiger partial charge < -0.3 is 0 Å². The summed E-state index contributed by atoms with van der Waals surface area (Å²) in [6.45, 7) is 0. The monoisotopic (exact) mass is 294 g/mol. The van der Waals surface area contributed by atoms with Gasteiger partial charge in [-0.2, -0.15) is 5.10 Å². The van der Waals surface area contributed by atoms with Gasteiger partial charge in [-0.05, 0) is 33.7 Å². The highest BCUT2D eigenvalue weighted by atomic mass is 15.3. The quantitative estimate of drug-likeness (QED) is 0.361. The fourth-order valence-corrected chi connectivity index (χ4v) is 3.45. The molecule has 108 valence electrons. The number of hydrogen-bond donors (Lipinski definition) is 1. The molecule has 0 atom stereocenters. The van der Waals surface area contributed by atoms with Crippen LogP contribution in [0.2, 0.25) is 0 Å². The Kier molecular flexibility index (Phi) is 2.53. The van der Waals surface area contributed by atoms with Crippen LogP contribution in [0.1, 0.15) is 0 Å². The Hall–Kier alpha value is -3.13. The van der Waals surface area contributed by atoms with Crippen molar-refractivity contribution in [3.63, 3.8) is 0 Å². The lowest BCUT2D eigenvalue weighted by Crippen LogP contribution is -2.03. The van der Waals surface area contributed by atoms with Crippen LogP contribution in [0.5, 0.6) is 0 Å². The van der Waals surface area contributed by atoms with E-state index in [0.29, 0.717) is 0 Å². The molecular formula is C21H14N2. The molecule has 0 radical (unpaired) electrons. The molecule has 0 aromatic heterocycles. The van der Waals surface area contributed by atoms with E-state index in [2.05, 4.69) is 54.0 Å². The van der Waals surface area contributed by atoms with Crippen LogP contribution in [-0.2, 0) is 0 Å². The van der Waals surface area contributed by atoms with E-state index in [9.17, 15) is 0 Å². The third-order valence-electron chi connectivity index (χ3n) is 4.47. The van der Waals surface area contributed by atoms with Gasteiger partial charge >= 0.3 is 0 Å². The summed E-state index contributed by atoms with van der Waals surface area (Å²) in [6.07, 6.45) is 0. The van der Waals surface area contributed by atoms with E-state index in [-0.39, 0.29) is 0 Å². The van der Waals surface area contributed by atoms with Gasteiger partial charge in [-0.3, -0.25) is 5.43 Å². The van der Waals surface area contributed by atoms with Crippen LogP contribution < -0.4 is 10.8 Å². The fraction of sp³-hybridized carbons (Fsp3) is 0. The Morgan fingerprint density at radius 1 is 0.565 bits per heavy atom. The second-order valence-electron chi connectivity index (χ2n) is 5.81. The number of benzene rings is 4. The van der Waals surface area contributed by atoms with Gasteiger partial charge in [0.05, 0.1) is 11.0 Å². The molecule has 23 heavy (non-hydrogen) atoms. The maximum atomic E-state index is 4.72. The Bertz CT molecular complexity index is 1110. The van der Waals surface area contributed by atoms with Crippen molar-refractivity contribution in [2.45, 2.75) is 0 Å². The molecule has 5 aromatic rings. The minimum absolute atomic E-state index is 0.996. The minimum Gasteiger partial charge on any atom is -0.278 e. The first-order valence-corrected chi connectivity index (χ1v) is 7.76. The fourth-order valence-electron chi connectivity index (χ4n) is 3.45. The minimum atomic E-state index is 0.996. The van der Waals surface area contributed by atoms with Gasteiger partial charge in [0.25, 0.3) is 0 Å². The number of nitrogens with zero attached hydrogens (tertiary/aromatic N) is 1. The van der Waals surface area contributed by atoms with E-state index in [1.54, 1.807) is 0 Å². The zero-order chi connectivity index (χ0) is 15.2. The van der Waals surface area contributed by atoms with Crippen LogP contribution in [0.15, 0.2) is 84.0 Å². The lowest BCUT2D eigenvalue weighted by atomic mass is 10.0. The van der Waals surface area contributed by atoms with Gasteiger partial charge in [0, 0.05) is 10.8 Å². The molecule has 0 amide bonds. The number of para-hydroxylation sites is 1. The lowest BCUT2D eigenvalue weighted by molar-refractivity contribution is 1.26. The Morgan fingerprint density at radius 3 is 1.78 bits per heavy atom. The standard InChI is InChI=1S/C21H14N2/c1-2-8-16(9-3-1)22-23-21-17-10-4-6-14-12-13-15-7-5-11-18(21)20(15)19(14)17/h1-13,22H. The maximum absolute atomic E-state index is 4.72. The van der Waals surface area contributed by atoms with Crippen LogP contribution in [0.25, 0.3) is 32.3 Å². The SMILES string of the molecule is c1ccc(NN=c2c3cccc4ccc5cccc2c5c43)cc1. The van der Waals surface area contributed by atoms with E-state index in [1.807, 2.05) is 30.3 Å². The van der Waals surface area contributed by atoms with Gasteiger partial charge in [0.2, 0.25) is 0 Å². The molecular weight excluding hydrogens is 280 g/mol. The highest BCUT2D eigenvalue weighted by Crippen LogP contribution is 2.33. The topological polar surface area (TPSA) is 24.4 Å². The summed E-state index contributed by atoms with van der Waals surface area (Å²) in [7, 11) is 0. The summed E-state index contributed by atoms with van der Waals surface area (Å²) < 4.78 is 0. The molecule has 1 N–H and O–H groups in total. The Morgan fingerprint density at radius 2 is 1.17 bits per heavy atom. The zero-order valence-electron chi connectivity index (χ0n) is 12.5. The first-order valence-electron chi connectivity index (χ1n) is 7.76. The predicted molar refractivity (Wildman–Crippen MR) is 97.0 cm³/mol. The molecule has 2 nitrogen and oxygen atoms in total. The molecule has 0 aliphatic carbocycles. The molecule has 0 spiro atoms. The van der Waals surface area contributed by atoms with Crippen molar-refractivity contribution in [3.8, 4) is 0 Å². The second kappa shape index (κ2) is 4.68. The van der Waals surface area contributed by atoms with Gasteiger partial charge in [0.15, 0.2) is 0 Å². The second-order valence-corrected chi connectivity index (χ2v) is 5.81. The maximum Gasteiger partial charge on any atom is 0.0990 e. The van der Waals surface area contributed by atoms with Crippen molar-refractivity contribution in [1.82, 2.24) is 0 Å². The molecule has 0 fully saturated rings. The van der Waals surface area contributed by atoms with Crippen LogP contribution in [0.4, 0.5) is 5.69 Å². The summed E-state index contributed by atoms with van der Waals surface area (Å²) in [6, 6.07) is 27.3. The molecule has 2 heteroatoms. The number of rotatable bonds is 2. The first-order chi connectivity index (χ1) is 11.4. The summed E-state index contributed by atoms with van der Waals surface area (Å²) in [5, 5.41) is 13.3. The highest BCUT2D eigenvalue weighted by Gasteiger charge is 2.12. The van der Waals surface area contributed by atoms with Crippen LogP contribution in [-0.4, -0.2) is 0 Å². The number of anilines is 1. The zero-order valence-corrected chi connectivity index (χ0v) is 12.5. The summed E-state index contributed by atoms with van der Waals surface area (Å²) >= 11 is 0. The van der Waals surface area contributed by atoms with E-state index in [4.69, 9.17) is 5.10 Å². The van der Waals surface area contributed by atoms with Gasteiger partial charge in [0.1, 0.15) is 0 Å². The highest BCUT2D eigenvalue weighted by molar-refractivity contribution is 6.25. The summed E-state index contributed by atoms with van der Waals surface area (Å²) in [5.74, 6) is 0. The molecule has 5 rings (SSSR count). The normalized spacial score (nSPS) is 11.5. The number of hydrogen-bond acceptors (Lipinski definition) is 2. The molecule has 0 saturated carbocycles. The third-order valence-corrected chi connectivity index (χ3v) is 4.47. The van der Waals surface area contributed by atoms with Gasteiger partial charge in [-0.1, -0.05) is 66.7 Å². The molecule has 0 aliphatic rings. The van der Waals surface area contributed by atoms with Gasteiger partial charge in [-0.25, -0.2) is 0 Å². The molecule has 0 aliphatic heterocycles. The van der Waals surface area contributed by atoms with Gasteiger partial charge in [-0.15, -0.1) is 0 Å². The van der Waals surface area contributed by atoms with E-state index in [1.165, 1.54) is 32.3 Å². The molecule has 0 heterocycles. The summed E-state index contributed by atoms with van der Waals surface area (Å²) in [5.41, 5.74) is 4.19. The van der Waals surface area contributed by atoms with Crippen molar-refractivity contribution in [2.24, 2.45) is 5.10 Å². The van der Waals surface area contributed by atoms with Crippen molar-refractivity contribution in [1.29, 1.82) is 0 Å².